The average molecular weight is 521 g/mol. The Bertz CT molecular complexity index is 1100. The van der Waals surface area contributed by atoms with Crippen molar-refractivity contribution in [3.8, 4) is 0 Å². The Kier molecular flexibility index (Phi) is 8.14. The summed E-state index contributed by atoms with van der Waals surface area (Å²) in [5.74, 6) is -1.12. The van der Waals surface area contributed by atoms with E-state index in [-0.39, 0.29) is 51.0 Å². The summed E-state index contributed by atoms with van der Waals surface area (Å²) in [5.41, 5.74) is 1.81. The SMILES string of the molecule is [C-]#[N+]c1ccccc1C1CCN(S(=O)(=O)CC2(C(=O)NO)CCN(C(=O)O[C@H]3CCOC3)CC2)CC1. The Balaban J connectivity index is 1.39. The second-order valence-electron chi connectivity index (χ2n) is 9.68. The zero-order valence-corrected chi connectivity index (χ0v) is 20.9. The highest BCUT2D eigenvalue weighted by molar-refractivity contribution is 7.89. The predicted octanol–water partition coefficient (Wildman–Crippen LogP) is 2.26. The summed E-state index contributed by atoms with van der Waals surface area (Å²) in [6.07, 6.45) is 1.16. The van der Waals surface area contributed by atoms with Gasteiger partial charge >= 0.3 is 6.09 Å². The third-order valence-electron chi connectivity index (χ3n) is 7.52. The van der Waals surface area contributed by atoms with Gasteiger partial charge in [0.05, 0.1) is 31.0 Å². The number of para-hydroxylation sites is 1. The van der Waals surface area contributed by atoms with Gasteiger partial charge in [0.15, 0.2) is 5.69 Å². The molecule has 1 atom stereocenters. The Morgan fingerprint density at radius 1 is 1.17 bits per heavy atom. The number of sulfonamides is 1. The summed E-state index contributed by atoms with van der Waals surface area (Å²) in [6.45, 7) is 9.15. The molecule has 0 bridgehead atoms. The number of nitrogens with zero attached hydrogens (tertiary/aromatic N) is 3. The first-order valence-corrected chi connectivity index (χ1v) is 13.8. The zero-order valence-electron chi connectivity index (χ0n) is 20.1. The highest BCUT2D eigenvalue weighted by atomic mass is 32.2. The van der Waals surface area contributed by atoms with Crippen LogP contribution >= 0.6 is 0 Å². The molecule has 2 amide bonds. The molecule has 1 aromatic carbocycles. The number of carbonyl (C=O) groups is 2. The molecule has 4 rings (SSSR count). The first-order chi connectivity index (χ1) is 17.3. The molecule has 0 radical (unpaired) electrons. The number of hydroxylamine groups is 1. The summed E-state index contributed by atoms with van der Waals surface area (Å²) >= 11 is 0. The summed E-state index contributed by atoms with van der Waals surface area (Å²) in [5, 5.41) is 9.38. The van der Waals surface area contributed by atoms with Gasteiger partial charge in [0.25, 0.3) is 5.91 Å². The topological polar surface area (TPSA) is 130 Å². The van der Waals surface area contributed by atoms with Crippen LogP contribution in [0.5, 0.6) is 0 Å². The molecule has 196 valence electrons. The predicted molar refractivity (Wildman–Crippen MR) is 129 cm³/mol. The fourth-order valence-corrected chi connectivity index (χ4v) is 7.38. The van der Waals surface area contributed by atoms with Crippen LogP contribution in [0, 0.1) is 12.0 Å². The van der Waals surface area contributed by atoms with Crippen molar-refractivity contribution < 1.29 is 32.7 Å². The van der Waals surface area contributed by atoms with E-state index >= 15 is 0 Å². The number of nitrogens with one attached hydrogen (secondary N) is 1. The molecule has 3 aliphatic rings. The minimum Gasteiger partial charge on any atom is -0.444 e. The number of piperidine rings is 2. The maximum absolute atomic E-state index is 13.4. The van der Waals surface area contributed by atoms with E-state index in [0.29, 0.717) is 38.2 Å². The lowest BCUT2D eigenvalue weighted by Gasteiger charge is -2.41. The lowest BCUT2D eigenvalue weighted by Crippen LogP contribution is -2.55. The molecular formula is C24H32N4O7S. The van der Waals surface area contributed by atoms with Gasteiger partial charge in [-0.1, -0.05) is 24.3 Å². The molecule has 36 heavy (non-hydrogen) atoms. The standard InChI is InChI=1S/C24H32N4O7S/c1-25-21-5-3-2-4-20(21)18-6-11-28(12-7-18)36(32,33)17-24(22(29)26-31)9-13-27(14-10-24)23(30)35-19-8-15-34-16-19/h2-5,18-19,31H,6-17H2,(H,26,29)/t19-/m0/s1. The van der Waals surface area contributed by atoms with Crippen LogP contribution in [0.25, 0.3) is 4.85 Å². The minimum atomic E-state index is -3.82. The number of benzene rings is 1. The number of hydrogen-bond donors (Lipinski definition) is 2. The van der Waals surface area contributed by atoms with E-state index in [1.807, 2.05) is 18.2 Å². The molecule has 2 N–H and O–H groups in total. The Morgan fingerprint density at radius 2 is 1.86 bits per heavy atom. The summed E-state index contributed by atoms with van der Waals surface area (Å²) < 4.78 is 38.8. The quantitative estimate of drug-likeness (QED) is 0.334. The highest BCUT2D eigenvalue weighted by Gasteiger charge is 2.47. The van der Waals surface area contributed by atoms with Gasteiger partial charge in [0.1, 0.15) is 6.10 Å². The van der Waals surface area contributed by atoms with Crippen LogP contribution in [0.1, 0.15) is 43.6 Å². The second kappa shape index (κ2) is 11.1. The number of likely N-dealkylation sites (tertiary alicyclic amines) is 1. The van der Waals surface area contributed by atoms with Crippen molar-refractivity contribution in [2.45, 2.75) is 44.1 Å². The van der Waals surface area contributed by atoms with E-state index in [2.05, 4.69) is 4.85 Å². The summed E-state index contributed by atoms with van der Waals surface area (Å²) in [4.78, 5) is 30.2. The van der Waals surface area contributed by atoms with Gasteiger partial charge in [0, 0.05) is 32.6 Å². The fourth-order valence-electron chi connectivity index (χ4n) is 5.32. The number of rotatable bonds is 6. The highest BCUT2D eigenvalue weighted by Crippen LogP contribution is 2.38. The van der Waals surface area contributed by atoms with Crippen molar-refractivity contribution in [1.29, 1.82) is 0 Å². The molecule has 0 aromatic heterocycles. The van der Waals surface area contributed by atoms with Crippen LogP contribution in [0.15, 0.2) is 24.3 Å². The van der Waals surface area contributed by atoms with Gasteiger partial charge in [-0.25, -0.2) is 27.8 Å². The van der Waals surface area contributed by atoms with E-state index in [4.69, 9.17) is 16.0 Å². The van der Waals surface area contributed by atoms with Crippen LogP contribution in [0.2, 0.25) is 0 Å². The fraction of sp³-hybridized carbons (Fsp3) is 0.625. The molecular weight excluding hydrogens is 488 g/mol. The van der Waals surface area contributed by atoms with Crippen LogP contribution in [-0.2, 0) is 24.3 Å². The molecule has 3 saturated heterocycles. The van der Waals surface area contributed by atoms with Crippen molar-refractivity contribution in [1.82, 2.24) is 14.7 Å². The molecule has 0 spiro atoms. The number of amides is 2. The van der Waals surface area contributed by atoms with Crippen molar-refractivity contribution >= 4 is 27.7 Å². The van der Waals surface area contributed by atoms with Crippen molar-refractivity contribution in [2.75, 3.05) is 45.1 Å². The smallest absolute Gasteiger partial charge is 0.410 e. The van der Waals surface area contributed by atoms with Crippen LogP contribution in [0.3, 0.4) is 0 Å². The second-order valence-corrected chi connectivity index (χ2v) is 11.6. The van der Waals surface area contributed by atoms with Gasteiger partial charge in [-0.2, -0.15) is 0 Å². The molecule has 3 aliphatic heterocycles. The normalized spacial score (nSPS) is 23.1. The van der Waals surface area contributed by atoms with Crippen molar-refractivity contribution in [2.24, 2.45) is 5.41 Å². The Hall–Kier alpha value is -2.72. The number of carbonyl (C=O) groups excluding carboxylic acids is 2. The molecule has 0 saturated carbocycles. The van der Waals surface area contributed by atoms with Crippen molar-refractivity contribution in [3.63, 3.8) is 0 Å². The van der Waals surface area contributed by atoms with E-state index in [1.165, 1.54) is 9.21 Å². The number of ether oxygens (including phenoxy) is 2. The maximum atomic E-state index is 13.4. The van der Waals surface area contributed by atoms with Crippen LogP contribution in [0.4, 0.5) is 10.5 Å². The van der Waals surface area contributed by atoms with Crippen LogP contribution in [-0.4, -0.2) is 86.1 Å². The molecule has 11 nitrogen and oxygen atoms in total. The van der Waals surface area contributed by atoms with Crippen molar-refractivity contribution in [3.05, 3.63) is 41.2 Å². The zero-order chi connectivity index (χ0) is 25.8. The molecule has 12 heteroatoms. The lowest BCUT2D eigenvalue weighted by molar-refractivity contribution is -0.141. The summed E-state index contributed by atoms with van der Waals surface area (Å²) in [7, 11) is -3.82. The first kappa shape index (κ1) is 26.3. The molecule has 3 heterocycles. The largest absolute Gasteiger partial charge is 0.444 e. The van der Waals surface area contributed by atoms with Gasteiger partial charge < -0.3 is 14.4 Å². The Morgan fingerprint density at radius 3 is 2.47 bits per heavy atom. The summed E-state index contributed by atoms with van der Waals surface area (Å²) in [6, 6.07) is 7.39. The van der Waals surface area contributed by atoms with Crippen LogP contribution < -0.4 is 5.48 Å². The van der Waals surface area contributed by atoms with E-state index < -0.39 is 33.2 Å². The molecule has 1 aromatic rings. The van der Waals surface area contributed by atoms with Gasteiger partial charge in [-0.3, -0.25) is 10.0 Å². The molecule has 0 aliphatic carbocycles. The van der Waals surface area contributed by atoms with E-state index in [1.54, 1.807) is 11.5 Å². The molecule has 3 fully saturated rings. The maximum Gasteiger partial charge on any atom is 0.410 e. The van der Waals surface area contributed by atoms with Gasteiger partial charge in [0.2, 0.25) is 10.0 Å². The van der Waals surface area contributed by atoms with E-state index in [0.717, 1.165) is 5.56 Å². The minimum absolute atomic E-state index is 0.0870. The molecule has 0 unspecified atom stereocenters. The number of hydrogen-bond acceptors (Lipinski definition) is 7. The third-order valence-corrected chi connectivity index (χ3v) is 9.59. The third kappa shape index (κ3) is 5.64. The van der Waals surface area contributed by atoms with E-state index in [9.17, 15) is 23.2 Å². The van der Waals surface area contributed by atoms with Gasteiger partial charge in [-0.05, 0) is 37.2 Å². The monoisotopic (exact) mass is 520 g/mol. The average Bonchev–Trinajstić information content (AvgIpc) is 3.41. The first-order valence-electron chi connectivity index (χ1n) is 12.2. The Labute approximate surface area is 211 Å². The lowest BCUT2D eigenvalue weighted by atomic mass is 9.79. The van der Waals surface area contributed by atoms with Gasteiger partial charge in [-0.15, -0.1) is 0 Å².